The molecule has 0 aliphatic rings. The van der Waals surface area contributed by atoms with Crippen molar-refractivity contribution in [3.05, 3.63) is 102 Å². The Kier molecular flexibility index (Phi) is 10.7. The number of fused-ring (bicyclic) bond motifs is 1. The molecular weight excluding hydrogens is 609 g/mol. The van der Waals surface area contributed by atoms with Crippen LogP contribution in [0.4, 0.5) is 4.79 Å². The fraction of sp³-hybridized carbons (Fsp3) is 0.343. The monoisotopic (exact) mass is 651 g/mol. The molecule has 1 atom stereocenters. The number of hydrogen-bond donors (Lipinski definition) is 2. The number of ether oxygens (including phenoxy) is 1. The lowest BCUT2D eigenvalue weighted by molar-refractivity contribution is -0.00458. The fourth-order valence-electron chi connectivity index (χ4n) is 4.51. The van der Waals surface area contributed by atoms with Gasteiger partial charge in [0.2, 0.25) is 0 Å². The predicted octanol–water partition coefficient (Wildman–Crippen LogP) is 9.81. The molecule has 0 heterocycles. The highest BCUT2D eigenvalue weighted by Crippen LogP contribution is 2.56. The third kappa shape index (κ3) is 10.6. The van der Waals surface area contributed by atoms with Gasteiger partial charge in [-0.15, -0.1) is 0 Å². The van der Waals surface area contributed by atoms with E-state index in [-0.39, 0.29) is 6.61 Å². The zero-order valence-electron chi connectivity index (χ0n) is 26.8. The van der Waals surface area contributed by atoms with Gasteiger partial charge in [-0.05, 0) is 107 Å². The largest absolute Gasteiger partial charge is 0.489 e. The number of phosphoric ester groups is 1. The summed E-state index contributed by atoms with van der Waals surface area (Å²) in [6.07, 6.45) is -1.24. The number of benzene rings is 4. The predicted molar refractivity (Wildman–Crippen MR) is 179 cm³/mol. The second kappa shape index (κ2) is 14.0. The van der Waals surface area contributed by atoms with Crippen LogP contribution in [0.3, 0.4) is 0 Å². The summed E-state index contributed by atoms with van der Waals surface area (Å²) in [5.41, 5.74) is -1.17. The van der Waals surface area contributed by atoms with E-state index < -0.39 is 30.7 Å². The van der Waals surface area contributed by atoms with Crippen molar-refractivity contribution >= 4 is 36.5 Å². The standard InChI is InChI=1S/C35H42NO7PS/c1-33(2,3)42-44(39,43-34(4,5)6)41-24-35(7,36-32(37)38)28-18-16-27-21-31(19-17-26(27)20-28)45-30-15-11-14-29(22-30)40-23-25-12-9-8-10-13-25/h8-22,36H,23-24H2,1-7H3,(H,37,38). The molecule has 0 aliphatic carbocycles. The van der Waals surface area contributed by atoms with Crippen molar-refractivity contribution in [1.82, 2.24) is 5.32 Å². The van der Waals surface area contributed by atoms with Crippen LogP contribution in [0.1, 0.15) is 59.6 Å². The number of hydrogen-bond acceptors (Lipinski definition) is 7. The molecule has 0 aromatic heterocycles. The summed E-state index contributed by atoms with van der Waals surface area (Å²) in [4.78, 5) is 14.0. The average molecular weight is 652 g/mol. The SMILES string of the molecule is CC(C)(C)OP(=O)(OCC(C)(NC(=O)O)c1ccc2cc(Sc3cccc(OCc4ccccc4)c3)ccc2c1)OC(C)(C)C. The summed E-state index contributed by atoms with van der Waals surface area (Å²) >= 11 is 1.63. The molecule has 10 heteroatoms. The van der Waals surface area contributed by atoms with Crippen LogP contribution in [0, 0.1) is 0 Å². The van der Waals surface area contributed by atoms with Crippen molar-refractivity contribution in [3.63, 3.8) is 0 Å². The van der Waals surface area contributed by atoms with Gasteiger partial charge in [0.15, 0.2) is 0 Å². The molecule has 4 aromatic rings. The first kappa shape index (κ1) is 34.5. The minimum Gasteiger partial charge on any atom is -0.489 e. The minimum atomic E-state index is -4.08. The van der Waals surface area contributed by atoms with Crippen LogP contribution >= 0.6 is 19.6 Å². The highest BCUT2D eigenvalue weighted by molar-refractivity contribution is 7.99. The smallest absolute Gasteiger partial charge is 0.475 e. The van der Waals surface area contributed by atoms with E-state index in [4.69, 9.17) is 18.3 Å². The van der Waals surface area contributed by atoms with E-state index in [9.17, 15) is 14.5 Å². The Morgan fingerprint density at radius 1 is 0.778 bits per heavy atom. The zero-order valence-corrected chi connectivity index (χ0v) is 28.5. The zero-order chi connectivity index (χ0) is 32.9. The lowest BCUT2D eigenvalue weighted by atomic mass is 9.91. The number of amides is 1. The van der Waals surface area contributed by atoms with Crippen LogP contribution in [0.2, 0.25) is 0 Å². The lowest BCUT2D eigenvalue weighted by Crippen LogP contribution is -2.46. The molecule has 45 heavy (non-hydrogen) atoms. The van der Waals surface area contributed by atoms with E-state index in [2.05, 4.69) is 11.4 Å². The molecule has 2 N–H and O–H groups in total. The summed E-state index contributed by atoms with van der Waals surface area (Å²) in [6, 6.07) is 29.8. The molecule has 0 saturated carbocycles. The minimum absolute atomic E-state index is 0.287. The van der Waals surface area contributed by atoms with Gasteiger partial charge in [0.05, 0.1) is 23.3 Å². The fourth-order valence-corrected chi connectivity index (χ4v) is 7.33. The van der Waals surface area contributed by atoms with Gasteiger partial charge in [-0.25, -0.2) is 9.36 Å². The number of nitrogens with one attached hydrogen (secondary N) is 1. The van der Waals surface area contributed by atoms with Crippen LogP contribution in [-0.2, 0) is 30.3 Å². The third-order valence-corrected chi connectivity index (χ3v) is 9.37. The summed E-state index contributed by atoms with van der Waals surface area (Å²) in [6.45, 7) is 12.4. The van der Waals surface area contributed by atoms with Gasteiger partial charge in [0.1, 0.15) is 12.4 Å². The topological polar surface area (TPSA) is 103 Å². The van der Waals surface area contributed by atoms with Crippen LogP contribution in [0.25, 0.3) is 10.8 Å². The first-order valence-corrected chi connectivity index (χ1v) is 16.9. The van der Waals surface area contributed by atoms with E-state index in [1.807, 2.05) is 84.9 Å². The van der Waals surface area contributed by atoms with Gasteiger partial charge in [-0.2, -0.15) is 0 Å². The lowest BCUT2D eigenvalue weighted by Gasteiger charge is -2.35. The summed E-state index contributed by atoms with van der Waals surface area (Å²) < 4.78 is 37.0. The van der Waals surface area contributed by atoms with E-state index in [1.165, 1.54) is 0 Å². The molecule has 0 fully saturated rings. The molecule has 0 saturated heterocycles. The Labute approximate surface area is 270 Å². The van der Waals surface area contributed by atoms with Gasteiger partial charge in [0.25, 0.3) is 0 Å². The van der Waals surface area contributed by atoms with Crippen LogP contribution in [-0.4, -0.2) is 29.0 Å². The van der Waals surface area contributed by atoms with E-state index in [1.54, 1.807) is 60.2 Å². The second-order valence-corrected chi connectivity index (χ2v) is 15.6. The van der Waals surface area contributed by atoms with Gasteiger partial charge in [-0.3, -0.25) is 13.6 Å². The van der Waals surface area contributed by atoms with Gasteiger partial charge in [-0.1, -0.05) is 66.4 Å². The van der Waals surface area contributed by atoms with Crippen molar-refractivity contribution in [1.29, 1.82) is 0 Å². The summed E-state index contributed by atoms with van der Waals surface area (Å²) in [7, 11) is -4.08. The maximum atomic E-state index is 13.7. The molecule has 0 radical (unpaired) electrons. The normalized spacial score (nSPS) is 13.8. The number of rotatable bonds is 12. The summed E-state index contributed by atoms with van der Waals surface area (Å²) in [5.74, 6) is 0.798. The number of carboxylic acid groups (broad SMARTS) is 1. The molecule has 0 bridgehead atoms. The molecule has 0 aliphatic heterocycles. The molecule has 4 aromatic carbocycles. The van der Waals surface area contributed by atoms with Crippen molar-refractivity contribution in [2.24, 2.45) is 0 Å². The Morgan fingerprint density at radius 2 is 1.40 bits per heavy atom. The van der Waals surface area contributed by atoms with Crippen LogP contribution < -0.4 is 10.1 Å². The number of carbonyl (C=O) groups is 1. The van der Waals surface area contributed by atoms with Crippen molar-refractivity contribution < 1.29 is 32.8 Å². The van der Waals surface area contributed by atoms with Gasteiger partial charge in [0, 0.05) is 9.79 Å². The van der Waals surface area contributed by atoms with Crippen LogP contribution in [0.15, 0.2) is 101 Å². The van der Waals surface area contributed by atoms with Gasteiger partial charge < -0.3 is 15.2 Å². The van der Waals surface area contributed by atoms with Gasteiger partial charge >= 0.3 is 13.9 Å². The molecule has 8 nitrogen and oxygen atoms in total. The van der Waals surface area contributed by atoms with Crippen molar-refractivity contribution in [3.8, 4) is 5.75 Å². The molecular formula is C35H42NO7PS. The quantitative estimate of drug-likeness (QED) is 0.146. The highest BCUT2D eigenvalue weighted by atomic mass is 32.2. The molecule has 240 valence electrons. The first-order valence-electron chi connectivity index (χ1n) is 14.7. The molecule has 0 spiro atoms. The third-order valence-electron chi connectivity index (χ3n) is 6.40. The molecule has 1 unspecified atom stereocenters. The Morgan fingerprint density at radius 3 is 2.04 bits per heavy atom. The Bertz CT molecular complexity index is 1650. The van der Waals surface area contributed by atoms with E-state index in [0.29, 0.717) is 12.2 Å². The van der Waals surface area contributed by atoms with Crippen molar-refractivity contribution in [2.75, 3.05) is 6.61 Å². The molecule has 4 rings (SSSR count). The van der Waals surface area contributed by atoms with E-state index >= 15 is 0 Å². The highest BCUT2D eigenvalue weighted by Gasteiger charge is 2.40. The Balaban J connectivity index is 1.53. The second-order valence-electron chi connectivity index (χ2n) is 13.0. The van der Waals surface area contributed by atoms with Crippen molar-refractivity contribution in [2.45, 2.75) is 81.6 Å². The summed E-state index contributed by atoms with van der Waals surface area (Å²) in [5, 5.41) is 14.1. The maximum absolute atomic E-state index is 13.7. The average Bonchev–Trinajstić information content (AvgIpc) is 2.93. The maximum Gasteiger partial charge on any atom is 0.475 e. The first-order chi connectivity index (χ1) is 21.0. The number of phosphoric acid groups is 1. The van der Waals surface area contributed by atoms with E-state index in [0.717, 1.165) is 31.9 Å². The van der Waals surface area contributed by atoms with Crippen LogP contribution in [0.5, 0.6) is 5.75 Å². The Hall–Kier alpha value is -3.33. The molecule has 1 amide bonds.